The van der Waals surface area contributed by atoms with Crippen molar-refractivity contribution in [2.24, 2.45) is 0 Å². The predicted octanol–water partition coefficient (Wildman–Crippen LogP) is 4.76. The smallest absolute Gasteiger partial charge is 0.174 e. The van der Waals surface area contributed by atoms with Crippen molar-refractivity contribution in [2.45, 2.75) is 51.4 Å². The monoisotopic (exact) mass is 551 g/mol. The maximum Gasteiger partial charge on any atom is 0.174 e. The Balaban J connectivity index is 1.93. The first kappa shape index (κ1) is 23.3. The second kappa shape index (κ2) is 9.95. The molecule has 0 spiro atoms. The fourth-order valence-electron chi connectivity index (χ4n) is 5.19. The molecule has 3 aliphatic rings. The average Bonchev–Trinajstić information content (AvgIpc) is 2.78. The first-order chi connectivity index (χ1) is 15.5. The molecular formula is C25H30INO5. The summed E-state index contributed by atoms with van der Waals surface area (Å²) < 4.78 is 17.7. The van der Waals surface area contributed by atoms with Gasteiger partial charge in [-0.2, -0.15) is 0 Å². The topological polar surface area (TPSA) is 65.1 Å². The normalized spacial score (nSPS) is 19.3. The van der Waals surface area contributed by atoms with Crippen molar-refractivity contribution in [3.8, 4) is 11.5 Å². The van der Waals surface area contributed by atoms with Gasteiger partial charge in [0.2, 0.25) is 0 Å². The Bertz CT molecular complexity index is 952. The van der Waals surface area contributed by atoms with E-state index in [2.05, 4.69) is 27.5 Å². The van der Waals surface area contributed by atoms with Crippen LogP contribution in [0.25, 0.3) is 0 Å². The summed E-state index contributed by atoms with van der Waals surface area (Å²) in [7, 11) is 3.31. The van der Waals surface area contributed by atoms with Gasteiger partial charge >= 0.3 is 0 Å². The van der Waals surface area contributed by atoms with Crippen LogP contribution in [0.15, 0.2) is 34.7 Å². The highest BCUT2D eigenvalue weighted by Gasteiger charge is 2.43. The maximum atomic E-state index is 13.3. The van der Waals surface area contributed by atoms with Crippen molar-refractivity contribution in [3.63, 3.8) is 0 Å². The van der Waals surface area contributed by atoms with Crippen molar-refractivity contribution >= 4 is 34.2 Å². The second-order valence-electron chi connectivity index (χ2n) is 8.32. The molecule has 6 nitrogen and oxygen atoms in total. The van der Waals surface area contributed by atoms with Gasteiger partial charge in [0.05, 0.1) is 23.9 Å². The fraction of sp³-hybridized carbons (Fsp3) is 0.520. The molecular weight excluding hydrogens is 521 g/mol. The molecule has 0 amide bonds. The molecule has 0 radical (unpaired) electrons. The van der Waals surface area contributed by atoms with Crippen LogP contribution in [0.2, 0.25) is 0 Å². The highest BCUT2D eigenvalue weighted by atomic mass is 127. The Morgan fingerprint density at radius 1 is 1.00 bits per heavy atom. The van der Waals surface area contributed by atoms with Gasteiger partial charge in [0, 0.05) is 55.0 Å². The maximum absolute atomic E-state index is 13.3. The summed E-state index contributed by atoms with van der Waals surface area (Å²) in [6, 6.07) is 3.99. The molecule has 0 bridgehead atoms. The number of Topliss-reactive ketones (excluding diaryl/α,β-unsaturated/α-hetero) is 2. The lowest BCUT2D eigenvalue weighted by atomic mass is 9.71. The van der Waals surface area contributed by atoms with Gasteiger partial charge in [-0.05, 0) is 72.9 Å². The SMILES string of the molecule is CCOc1c(I)cc(C2C3=C(CCCC3=O)N(CCOC)C3=C2C(=O)CCC3)cc1OC. The van der Waals surface area contributed by atoms with E-state index in [1.165, 1.54) is 0 Å². The van der Waals surface area contributed by atoms with Crippen molar-refractivity contribution < 1.29 is 23.8 Å². The molecule has 7 heteroatoms. The largest absolute Gasteiger partial charge is 0.493 e. The van der Waals surface area contributed by atoms with Crippen LogP contribution >= 0.6 is 22.6 Å². The Labute approximate surface area is 203 Å². The van der Waals surface area contributed by atoms with Gasteiger partial charge in [-0.25, -0.2) is 0 Å². The average molecular weight is 551 g/mol. The van der Waals surface area contributed by atoms with Gasteiger partial charge in [0.1, 0.15) is 0 Å². The van der Waals surface area contributed by atoms with E-state index < -0.39 is 0 Å². The summed E-state index contributed by atoms with van der Waals surface area (Å²) in [5.41, 5.74) is 4.62. The van der Waals surface area contributed by atoms with Crippen molar-refractivity contribution in [3.05, 3.63) is 43.8 Å². The second-order valence-corrected chi connectivity index (χ2v) is 9.48. The molecule has 0 saturated carbocycles. The molecule has 2 aliphatic carbocycles. The van der Waals surface area contributed by atoms with Gasteiger partial charge in [-0.1, -0.05) is 0 Å². The van der Waals surface area contributed by atoms with E-state index in [0.29, 0.717) is 44.1 Å². The van der Waals surface area contributed by atoms with Crippen LogP contribution in [0.4, 0.5) is 0 Å². The number of hydrogen-bond acceptors (Lipinski definition) is 6. The lowest BCUT2D eigenvalue weighted by Gasteiger charge is -2.44. The van der Waals surface area contributed by atoms with E-state index in [9.17, 15) is 9.59 Å². The number of ketones is 2. The summed E-state index contributed by atoms with van der Waals surface area (Å²) in [4.78, 5) is 28.8. The van der Waals surface area contributed by atoms with E-state index in [-0.39, 0.29) is 17.5 Å². The Morgan fingerprint density at radius 3 is 2.16 bits per heavy atom. The first-order valence-electron chi connectivity index (χ1n) is 11.3. The zero-order valence-electron chi connectivity index (χ0n) is 19.0. The van der Waals surface area contributed by atoms with Crippen LogP contribution in [0.5, 0.6) is 11.5 Å². The summed E-state index contributed by atoms with van der Waals surface area (Å²) in [6.07, 6.45) is 4.42. The number of rotatable bonds is 7. The summed E-state index contributed by atoms with van der Waals surface area (Å²) in [5.74, 6) is 1.27. The summed E-state index contributed by atoms with van der Waals surface area (Å²) in [5, 5.41) is 0. The van der Waals surface area contributed by atoms with E-state index in [1.807, 2.05) is 19.1 Å². The molecule has 0 atom stereocenters. The van der Waals surface area contributed by atoms with Gasteiger partial charge in [0.25, 0.3) is 0 Å². The Kier molecular flexibility index (Phi) is 7.24. The predicted molar refractivity (Wildman–Crippen MR) is 130 cm³/mol. The number of benzene rings is 1. The van der Waals surface area contributed by atoms with Crippen molar-refractivity contribution in [1.29, 1.82) is 0 Å². The van der Waals surface area contributed by atoms with Crippen LogP contribution in [-0.2, 0) is 14.3 Å². The quantitative estimate of drug-likeness (QED) is 0.456. The third-order valence-electron chi connectivity index (χ3n) is 6.48. The van der Waals surface area contributed by atoms with Crippen LogP contribution in [-0.4, -0.2) is 50.4 Å². The van der Waals surface area contributed by atoms with E-state index in [1.54, 1.807) is 14.2 Å². The van der Waals surface area contributed by atoms with Gasteiger partial charge in [-0.3, -0.25) is 9.59 Å². The van der Waals surface area contributed by atoms with Gasteiger partial charge in [-0.15, -0.1) is 0 Å². The van der Waals surface area contributed by atoms with Gasteiger partial charge in [0.15, 0.2) is 23.1 Å². The first-order valence-corrected chi connectivity index (χ1v) is 12.4. The van der Waals surface area contributed by atoms with E-state index in [4.69, 9.17) is 14.2 Å². The van der Waals surface area contributed by atoms with Crippen LogP contribution < -0.4 is 9.47 Å². The third kappa shape index (κ3) is 4.09. The molecule has 1 aromatic rings. The third-order valence-corrected chi connectivity index (χ3v) is 7.28. The highest BCUT2D eigenvalue weighted by molar-refractivity contribution is 14.1. The number of methoxy groups -OCH3 is 2. The molecule has 1 heterocycles. The van der Waals surface area contributed by atoms with E-state index >= 15 is 0 Å². The Morgan fingerprint density at radius 2 is 1.62 bits per heavy atom. The number of allylic oxidation sites excluding steroid dienone is 4. The summed E-state index contributed by atoms with van der Waals surface area (Å²) >= 11 is 2.25. The van der Waals surface area contributed by atoms with Gasteiger partial charge < -0.3 is 19.1 Å². The Hall–Kier alpha value is -1.87. The lowest BCUT2D eigenvalue weighted by Crippen LogP contribution is -2.40. The highest BCUT2D eigenvalue weighted by Crippen LogP contribution is 2.50. The molecule has 0 unspecified atom stereocenters. The number of hydrogen-bond donors (Lipinski definition) is 0. The molecule has 1 aromatic carbocycles. The molecule has 4 rings (SSSR count). The number of ether oxygens (including phenoxy) is 3. The fourth-order valence-corrected chi connectivity index (χ4v) is 5.97. The molecule has 0 fully saturated rings. The van der Waals surface area contributed by atoms with E-state index in [0.717, 1.165) is 57.4 Å². The minimum atomic E-state index is -0.350. The van der Waals surface area contributed by atoms with Crippen LogP contribution in [0, 0.1) is 3.57 Å². The lowest BCUT2D eigenvalue weighted by molar-refractivity contribution is -0.117. The van der Waals surface area contributed by atoms with Crippen LogP contribution in [0.3, 0.4) is 0 Å². The molecule has 0 aromatic heterocycles. The zero-order chi connectivity index (χ0) is 22.8. The number of carbonyl (C=O) groups is 2. The number of carbonyl (C=O) groups excluding carboxylic acids is 2. The standard InChI is InChI=1S/C25H30INO5/c1-4-32-25-16(26)13-15(14-21(25)31-3)22-23-17(7-5-9-19(23)28)27(11-12-30-2)18-8-6-10-20(29)24(18)22/h13-14,22H,4-12H2,1-3H3. The number of halogens is 1. The minimum Gasteiger partial charge on any atom is -0.493 e. The zero-order valence-corrected chi connectivity index (χ0v) is 21.1. The van der Waals surface area contributed by atoms with Crippen molar-refractivity contribution in [1.82, 2.24) is 4.90 Å². The minimum absolute atomic E-state index is 0.145. The molecule has 1 aliphatic heterocycles. The summed E-state index contributed by atoms with van der Waals surface area (Å²) in [6.45, 7) is 3.68. The number of nitrogens with zero attached hydrogens (tertiary/aromatic N) is 1. The van der Waals surface area contributed by atoms with Crippen molar-refractivity contribution in [2.75, 3.05) is 34.0 Å². The van der Waals surface area contributed by atoms with Crippen LogP contribution in [0.1, 0.15) is 56.9 Å². The molecule has 0 N–H and O–H groups in total. The molecule has 32 heavy (non-hydrogen) atoms. The molecule has 0 saturated heterocycles. The molecule has 172 valence electrons.